The van der Waals surface area contributed by atoms with Crippen molar-refractivity contribution in [2.75, 3.05) is 26.7 Å². The minimum atomic E-state index is -0.764. The second kappa shape index (κ2) is 3.67. The van der Waals surface area contributed by atoms with Crippen LogP contribution in [0.3, 0.4) is 0 Å². The molecule has 0 saturated carbocycles. The van der Waals surface area contributed by atoms with E-state index < -0.39 is 6.17 Å². The van der Waals surface area contributed by atoms with Crippen molar-refractivity contribution in [3.63, 3.8) is 0 Å². The highest BCUT2D eigenvalue weighted by Gasteiger charge is 2.23. The van der Waals surface area contributed by atoms with Gasteiger partial charge in [0.15, 0.2) is 0 Å². The molecule has 0 aromatic carbocycles. The summed E-state index contributed by atoms with van der Waals surface area (Å²) in [5, 5.41) is 0. The molecule has 0 spiro atoms. The van der Waals surface area contributed by atoms with Crippen molar-refractivity contribution in [2.24, 2.45) is 0 Å². The lowest BCUT2D eigenvalue weighted by Crippen LogP contribution is -2.28. The van der Waals surface area contributed by atoms with E-state index >= 15 is 0 Å². The third-order valence-electron chi connectivity index (χ3n) is 1.80. The van der Waals surface area contributed by atoms with Gasteiger partial charge in [-0.25, -0.2) is 4.39 Å². The van der Waals surface area contributed by atoms with Gasteiger partial charge in [0.25, 0.3) is 0 Å². The van der Waals surface area contributed by atoms with E-state index in [1.807, 2.05) is 0 Å². The quantitative estimate of drug-likeness (QED) is 0.542. The summed E-state index contributed by atoms with van der Waals surface area (Å²) < 4.78 is 17.0. The molecule has 4 heteroatoms. The monoisotopic (exact) mass is 161 g/mol. The first-order valence-electron chi connectivity index (χ1n) is 3.65. The second-order valence-corrected chi connectivity index (χ2v) is 2.70. The van der Waals surface area contributed by atoms with Gasteiger partial charge in [-0.15, -0.1) is 0 Å². The molecular formula is C7H12FNO2. The predicted octanol–water partition coefficient (Wildman–Crippen LogP) is 0.203. The summed E-state index contributed by atoms with van der Waals surface area (Å²) in [7, 11) is 1.34. The van der Waals surface area contributed by atoms with Gasteiger partial charge >= 0.3 is 5.97 Å². The maximum Gasteiger partial charge on any atom is 0.319 e. The number of carbonyl (C=O) groups excluding carboxylic acids is 1. The van der Waals surface area contributed by atoms with Gasteiger partial charge in [0, 0.05) is 13.1 Å². The molecule has 1 rings (SSSR count). The Morgan fingerprint density at radius 1 is 1.82 bits per heavy atom. The zero-order chi connectivity index (χ0) is 8.27. The van der Waals surface area contributed by atoms with Gasteiger partial charge in [-0.1, -0.05) is 0 Å². The van der Waals surface area contributed by atoms with Crippen LogP contribution in [0.1, 0.15) is 6.42 Å². The van der Waals surface area contributed by atoms with E-state index in [1.165, 1.54) is 7.11 Å². The van der Waals surface area contributed by atoms with Gasteiger partial charge in [-0.05, 0) is 6.42 Å². The van der Waals surface area contributed by atoms with Crippen LogP contribution in [-0.2, 0) is 9.53 Å². The fraction of sp³-hybridized carbons (Fsp3) is 0.857. The largest absolute Gasteiger partial charge is 0.468 e. The van der Waals surface area contributed by atoms with Gasteiger partial charge in [-0.2, -0.15) is 0 Å². The molecule has 1 saturated heterocycles. The first kappa shape index (κ1) is 8.46. The highest BCUT2D eigenvalue weighted by Crippen LogP contribution is 2.11. The number of nitrogens with zero attached hydrogens (tertiary/aromatic N) is 1. The number of methoxy groups -OCH3 is 1. The molecule has 0 amide bonds. The number of rotatable bonds is 2. The lowest BCUT2D eigenvalue weighted by molar-refractivity contribution is -0.141. The Balaban J connectivity index is 2.23. The summed E-state index contributed by atoms with van der Waals surface area (Å²) in [4.78, 5) is 12.4. The smallest absolute Gasteiger partial charge is 0.319 e. The first-order chi connectivity index (χ1) is 5.22. The normalized spacial score (nSPS) is 25.5. The predicted molar refractivity (Wildman–Crippen MR) is 38.0 cm³/mol. The third kappa shape index (κ3) is 2.46. The summed E-state index contributed by atoms with van der Waals surface area (Å²) in [6.07, 6.45) is -0.226. The number of halogens is 1. The zero-order valence-electron chi connectivity index (χ0n) is 6.55. The van der Waals surface area contributed by atoms with E-state index in [2.05, 4.69) is 4.74 Å². The number of alkyl halides is 1. The zero-order valence-corrected chi connectivity index (χ0v) is 6.55. The maximum absolute atomic E-state index is 12.5. The van der Waals surface area contributed by atoms with Crippen LogP contribution in [0.4, 0.5) is 4.39 Å². The summed E-state index contributed by atoms with van der Waals surface area (Å²) in [5.74, 6) is -0.292. The Bertz CT molecular complexity index is 151. The molecule has 11 heavy (non-hydrogen) atoms. The van der Waals surface area contributed by atoms with Crippen molar-refractivity contribution >= 4 is 5.97 Å². The average Bonchev–Trinajstić information content (AvgIpc) is 2.35. The molecule has 3 nitrogen and oxygen atoms in total. The van der Waals surface area contributed by atoms with Crippen LogP contribution in [-0.4, -0.2) is 43.8 Å². The van der Waals surface area contributed by atoms with Crippen LogP contribution >= 0.6 is 0 Å². The fourth-order valence-electron chi connectivity index (χ4n) is 1.18. The van der Waals surface area contributed by atoms with Crippen LogP contribution < -0.4 is 0 Å². The number of likely N-dealkylation sites (tertiary alicyclic amines) is 1. The van der Waals surface area contributed by atoms with Crippen LogP contribution in [0.25, 0.3) is 0 Å². The Morgan fingerprint density at radius 3 is 3.00 bits per heavy atom. The average molecular weight is 161 g/mol. The minimum absolute atomic E-state index is 0.219. The molecule has 1 heterocycles. The molecule has 0 aromatic heterocycles. The van der Waals surface area contributed by atoms with Crippen molar-refractivity contribution in [1.82, 2.24) is 4.90 Å². The van der Waals surface area contributed by atoms with Gasteiger partial charge in [0.1, 0.15) is 6.17 Å². The summed E-state index contributed by atoms with van der Waals surface area (Å²) >= 11 is 0. The number of hydrogen-bond donors (Lipinski definition) is 0. The van der Waals surface area contributed by atoms with Crippen LogP contribution in [0.5, 0.6) is 0 Å². The van der Waals surface area contributed by atoms with E-state index in [4.69, 9.17) is 0 Å². The maximum atomic E-state index is 12.5. The molecule has 1 aliphatic heterocycles. The molecular weight excluding hydrogens is 149 g/mol. The van der Waals surface area contributed by atoms with Crippen molar-refractivity contribution in [3.8, 4) is 0 Å². The topological polar surface area (TPSA) is 29.5 Å². The Kier molecular flexibility index (Phi) is 2.82. The third-order valence-corrected chi connectivity index (χ3v) is 1.80. The lowest BCUT2D eigenvalue weighted by Gasteiger charge is -2.11. The molecule has 0 radical (unpaired) electrons. The lowest BCUT2D eigenvalue weighted by atomic mass is 10.3. The van der Waals surface area contributed by atoms with Crippen LogP contribution in [0, 0.1) is 0 Å². The van der Waals surface area contributed by atoms with Crippen molar-refractivity contribution in [1.29, 1.82) is 0 Å². The first-order valence-corrected chi connectivity index (χ1v) is 3.65. The van der Waals surface area contributed by atoms with Crippen molar-refractivity contribution in [2.45, 2.75) is 12.6 Å². The van der Waals surface area contributed by atoms with E-state index in [1.54, 1.807) is 4.90 Å². The number of hydrogen-bond acceptors (Lipinski definition) is 3. The Morgan fingerprint density at radius 2 is 2.55 bits per heavy atom. The summed E-state index contributed by atoms with van der Waals surface area (Å²) in [5.41, 5.74) is 0. The standard InChI is InChI=1S/C7H12FNO2/c1-11-7(10)5-9-3-2-6(8)4-9/h6H,2-5H2,1H3/t6-/m0/s1. The van der Waals surface area contributed by atoms with Gasteiger partial charge in [0.05, 0.1) is 13.7 Å². The molecule has 0 aromatic rings. The van der Waals surface area contributed by atoms with Crippen molar-refractivity contribution in [3.05, 3.63) is 0 Å². The van der Waals surface area contributed by atoms with Crippen LogP contribution in [0.15, 0.2) is 0 Å². The SMILES string of the molecule is COC(=O)CN1CC[C@H](F)C1. The summed E-state index contributed by atoms with van der Waals surface area (Å²) in [6.45, 7) is 1.25. The van der Waals surface area contributed by atoms with Crippen LogP contribution in [0.2, 0.25) is 0 Å². The molecule has 0 N–H and O–H groups in total. The molecule has 1 aliphatic rings. The molecule has 1 fully saturated rings. The summed E-state index contributed by atoms with van der Waals surface area (Å²) in [6, 6.07) is 0. The highest BCUT2D eigenvalue weighted by molar-refractivity contribution is 5.71. The van der Waals surface area contributed by atoms with Gasteiger partial charge in [0.2, 0.25) is 0 Å². The van der Waals surface area contributed by atoms with E-state index in [0.29, 0.717) is 19.5 Å². The van der Waals surface area contributed by atoms with Gasteiger partial charge < -0.3 is 4.74 Å². The van der Waals surface area contributed by atoms with Gasteiger partial charge in [-0.3, -0.25) is 9.69 Å². The minimum Gasteiger partial charge on any atom is -0.468 e. The highest BCUT2D eigenvalue weighted by atomic mass is 19.1. The molecule has 0 unspecified atom stereocenters. The number of ether oxygens (including phenoxy) is 1. The molecule has 1 atom stereocenters. The molecule has 64 valence electrons. The number of esters is 1. The van der Waals surface area contributed by atoms with E-state index in [9.17, 15) is 9.18 Å². The van der Waals surface area contributed by atoms with Crippen molar-refractivity contribution < 1.29 is 13.9 Å². The fourth-order valence-corrected chi connectivity index (χ4v) is 1.18. The Hall–Kier alpha value is -0.640. The number of carbonyl (C=O) groups is 1. The Labute approximate surface area is 65.1 Å². The molecule has 0 aliphatic carbocycles. The second-order valence-electron chi connectivity index (χ2n) is 2.70. The molecule has 0 bridgehead atoms. The van der Waals surface area contributed by atoms with E-state index in [0.717, 1.165) is 0 Å². The van der Waals surface area contributed by atoms with E-state index in [-0.39, 0.29) is 12.5 Å².